The third kappa shape index (κ3) is 1.53. The van der Waals surface area contributed by atoms with Crippen molar-refractivity contribution >= 4 is 17.3 Å². The second-order valence-corrected chi connectivity index (χ2v) is 4.64. The highest BCUT2D eigenvalue weighted by Crippen LogP contribution is 2.26. The van der Waals surface area contributed by atoms with Crippen LogP contribution in [0.1, 0.15) is 22.7 Å². The molecule has 2 N–H and O–H groups in total. The number of rotatable bonds is 2. The van der Waals surface area contributed by atoms with Crippen molar-refractivity contribution in [2.24, 2.45) is 0 Å². The Morgan fingerprint density at radius 1 is 1.50 bits per heavy atom. The van der Waals surface area contributed by atoms with Crippen molar-refractivity contribution in [1.82, 2.24) is 9.55 Å². The Morgan fingerprint density at radius 3 is 2.79 bits per heavy atom. The summed E-state index contributed by atoms with van der Waals surface area (Å²) in [5.74, 6) is 0.573. The van der Waals surface area contributed by atoms with Gasteiger partial charge in [0.1, 0.15) is 0 Å². The van der Waals surface area contributed by atoms with Crippen molar-refractivity contribution < 1.29 is 0 Å². The zero-order chi connectivity index (χ0) is 10.1. The summed E-state index contributed by atoms with van der Waals surface area (Å²) in [7, 11) is 0. The first-order valence-corrected chi connectivity index (χ1v) is 5.35. The maximum absolute atomic E-state index is 5.74. The molecule has 2 rings (SSSR count). The van der Waals surface area contributed by atoms with Crippen LogP contribution in [0.2, 0.25) is 0 Å². The van der Waals surface area contributed by atoms with Gasteiger partial charge in [-0.05, 0) is 26.0 Å². The summed E-state index contributed by atoms with van der Waals surface area (Å²) in [5.41, 5.74) is 5.74. The van der Waals surface area contributed by atoms with E-state index in [2.05, 4.69) is 31.0 Å². The number of aryl methyl sites for hydroxylation is 1. The standard InChI is InChI=1S/C10H13N3S/c1-7-3-4-9(14-7)8(2)13-6-5-12-10(13)11/h3-6,8H,1-2H3,(H2,11,12). The molecular weight excluding hydrogens is 194 g/mol. The molecule has 74 valence electrons. The maximum atomic E-state index is 5.74. The van der Waals surface area contributed by atoms with Gasteiger partial charge in [0.2, 0.25) is 5.95 Å². The molecule has 0 aliphatic carbocycles. The van der Waals surface area contributed by atoms with E-state index in [4.69, 9.17) is 5.73 Å². The second kappa shape index (κ2) is 3.46. The van der Waals surface area contributed by atoms with Crippen molar-refractivity contribution in [1.29, 1.82) is 0 Å². The summed E-state index contributed by atoms with van der Waals surface area (Å²) in [4.78, 5) is 6.65. The Morgan fingerprint density at radius 2 is 2.29 bits per heavy atom. The molecule has 4 heteroatoms. The Labute approximate surface area is 87.2 Å². The zero-order valence-electron chi connectivity index (χ0n) is 8.27. The molecule has 2 heterocycles. The lowest BCUT2D eigenvalue weighted by Gasteiger charge is -2.12. The summed E-state index contributed by atoms with van der Waals surface area (Å²) >= 11 is 1.80. The van der Waals surface area contributed by atoms with Gasteiger partial charge in [0.25, 0.3) is 0 Å². The topological polar surface area (TPSA) is 43.8 Å². The van der Waals surface area contributed by atoms with Crippen LogP contribution in [0.3, 0.4) is 0 Å². The molecule has 0 saturated heterocycles. The van der Waals surface area contributed by atoms with Crippen LogP contribution in [0.5, 0.6) is 0 Å². The molecule has 3 nitrogen and oxygen atoms in total. The molecule has 0 fully saturated rings. The van der Waals surface area contributed by atoms with Crippen molar-refractivity contribution in [2.45, 2.75) is 19.9 Å². The fraction of sp³-hybridized carbons (Fsp3) is 0.300. The second-order valence-electron chi connectivity index (χ2n) is 3.32. The number of nitrogens with two attached hydrogens (primary N) is 1. The van der Waals surface area contributed by atoms with Gasteiger partial charge in [0.05, 0.1) is 6.04 Å². The number of nitrogens with zero attached hydrogens (tertiary/aromatic N) is 2. The predicted molar refractivity (Wildman–Crippen MR) is 59.5 cm³/mol. The van der Waals surface area contributed by atoms with Gasteiger partial charge in [-0.2, -0.15) is 0 Å². The lowest BCUT2D eigenvalue weighted by Crippen LogP contribution is -2.07. The smallest absolute Gasteiger partial charge is 0.200 e. The molecule has 0 spiro atoms. The highest BCUT2D eigenvalue weighted by atomic mass is 32.1. The number of aromatic nitrogens is 2. The highest BCUT2D eigenvalue weighted by molar-refractivity contribution is 7.12. The minimum absolute atomic E-state index is 0.274. The Kier molecular flexibility index (Phi) is 2.29. The molecule has 0 saturated carbocycles. The molecule has 0 aliphatic rings. The lowest BCUT2D eigenvalue weighted by molar-refractivity contribution is 0.660. The van der Waals surface area contributed by atoms with E-state index in [-0.39, 0.29) is 6.04 Å². The largest absolute Gasteiger partial charge is 0.369 e. The van der Waals surface area contributed by atoms with E-state index in [1.165, 1.54) is 9.75 Å². The average molecular weight is 207 g/mol. The molecular formula is C10H13N3S. The molecule has 2 aromatic heterocycles. The van der Waals surface area contributed by atoms with Gasteiger partial charge in [0, 0.05) is 22.1 Å². The van der Waals surface area contributed by atoms with Crippen molar-refractivity contribution in [2.75, 3.05) is 5.73 Å². The van der Waals surface area contributed by atoms with E-state index >= 15 is 0 Å². The van der Waals surface area contributed by atoms with Gasteiger partial charge in [-0.1, -0.05) is 0 Å². The number of imidazole rings is 1. The molecule has 0 radical (unpaired) electrons. The van der Waals surface area contributed by atoms with Crippen LogP contribution in [0, 0.1) is 6.92 Å². The molecule has 2 aromatic rings. The summed E-state index contributed by atoms with van der Waals surface area (Å²) in [5, 5.41) is 0. The van der Waals surface area contributed by atoms with Crippen molar-refractivity contribution in [3.05, 3.63) is 34.3 Å². The Balaban J connectivity index is 2.33. The molecule has 14 heavy (non-hydrogen) atoms. The fourth-order valence-corrected chi connectivity index (χ4v) is 2.40. The van der Waals surface area contributed by atoms with Gasteiger partial charge in [-0.3, -0.25) is 0 Å². The number of nitrogen functional groups attached to an aromatic ring is 1. The molecule has 1 atom stereocenters. The van der Waals surface area contributed by atoms with Gasteiger partial charge in [0.15, 0.2) is 0 Å². The van der Waals surface area contributed by atoms with E-state index in [1.807, 2.05) is 10.8 Å². The molecule has 0 amide bonds. The van der Waals surface area contributed by atoms with Crippen LogP contribution >= 0.6 is 11.3 Å². The van der Waals surface area contributed by atoms with Gasteiger partial charge in [-0.25, -0.2) is 4.98 Å². The third-order valence-electron chi connectivity index (χ3n) is 2.29. The highest BCUT2D eigenvalue weighted by Gasteiger charge is 2.11. The van der Waals surface area contributed by atoms with Gasteiger partial charge in [-0.15, -0.1) is 11.3 Å². The Bertz CT molecular complexity index is 430. The zero-order valence-corrected chi connectivity index (χ0v) is 9.08. The van der Waals surface area contributed by atoms with Gasteiger partial charge >= 0.3 is 0 Å². The van der Waals surface area contributed by atoms with E-state index in [1.54, 1.807) is 17.5 Å². The predicted octanol–water partition coefficient (Wildman–Crippen LogP) is 2.44. The summed E-state index contributed by atoms with van der Waals surface area (Å²) in [6.45, 7) is 4.24. The monoisotopic (exact) mass is 207 g/mol. The molecule has 1 unspecified atom stereocenters. The molecule has 0 aliphatic heterocycles. The molecule has 0 bridgehead atoms. The molecule has 0 aromatic carbocycles. The van der Waals surface area contributed by atoms with E-state index in [0.717, 1.165) is 0 Å². The normalized spacial score (nSPS) is 13.0. The lowest BCUT2D eigenvalue weighted by atomic mass is 10.3. The summed E-state index contributed by atoms with van der Waals surface area (Å²) in [6, 6.07) is 4.55. The number of anilines is 1. The first-order valence-electron chi connectivity index (χ1n) is 4.53. The quantitative estimate of drug-likeness (QED) is 0.822. The van der Waals surface area contributed by atoms with Crippen LogP contribution in [0.15, 0.2) is 24.5 Å². The summed E-state index contributed by atoms with van der Waals surface area (Å²) < 4.78 is 1.98. The summed E-state index contributed by atoms with van der Waals surface area (Å²) in [6.07, 6.45) is 3.64. The average Bonchev–Trinajstić information content (AvgIpc) is 2.73. The van der Waals surface area contributed by atoms with Crippen molar-refractivity contribution in [3.63, 3.8) is 0 Å². The number of hydrogen-bond acceptors (Lipinski definition) is 3. The SMILES string of the molecule is Cc1ccc(C(C)n2ccnc2N)s1. The van der Waals surface area contributed by atoms with Crippen LogP contribution in [0.25, 0.3) is 0 Å². The minimum atomic E-state index is 0.274. The fourth-order valence-electron chi connectivity index (χ4n) is 1.47. The van der Waals surface area contributed by atoms with Crippen LogP contribution < -0.4 is 5.73 Å². The van der Waals surface area contributed by atoms with Crippen LogP contribution in [0.4, 0.5) is 5.95 Å². The van der Waals surface area contributed by atoms with E-state index < -0.39 is 0 Å². The van der Waals surface area contributed by atoms with Crippen molar-refractivity contribution in [3.8, 4) is 0 Å². The van der Waals surface area contributed by atoms with E-state index in [0.29, 0.717) is 5.95 Å². The first kappa shape index (κ1) is 9.27. The maximum Gasteiger partial charge on any atom is 0.200 e. The number of thiophene rings is 1. The van der Waals surface area contributed by atoms with Crippen LogP contribution in [-0.4, -0.2) is 9.55 Å². The van der Waals surface area contributed by atoms with Gasteiger partial charge < -0.3 is 10.3 Å². The van der Waals surface area contributed by atoms with Crippen LogP contribution in [-0.2, 0) is 0 Å². The third-order valence-corrected chi connectivity index (χ3v) is 3.46. The number of hydrogen-bond donors (Lipinski definition) is 1. The minimum Gasteiger partial charge on any atom is -0.369 e. The first-order chi connectivity index (χ1) is 6.68. The van der Waals surface area contributed by atoms with E-state index in [9.17, 15) is 0 Å². The Hall–Kier alpha value is -1.29.